The van der Waals surface area contributed by atoms with Gasteiger partial charge < -0.3 is 31.3 Å². The average molecular weight is 483 g/mol. The molecule has 1 heterocycles. The summed E-state index contributed by atoms with van der Waals surface area (Å²) < 4.78 is 42.4. The minimum atomic E-state index is -5.11. The van der Waals surface area contributed by atoms with E-state index in [0.717, 1.165) is 0 Å². The van der Waals surface area contributed by atoms with Crippen LogP contribution in [0.3, 0.4) is 0 Å². The molecule has 14 heteroatoms. The van der Waals surface area contributed by atoms with Crippen LogP contribution in [0.4, 0.5) is 23.7 Å². The van der Waals surface area contributed by atoms with Crippen molar-refractivity contribution in [3.8, 4) is 0 Å². The van der Waals surface area contributed by atoms with Crippen molar-refractivity contribution in [1.29, 1.82) is 5.41 Å². The Hall–Kier alpha value is -3.94. The van der Waals surface area contributed by atoms with Crippen LogP contribution in [0.15, 0.2) is 41.5 Å². The molecule has 0 spiro atoms. The van der Waals surface area contributed by atoms with Crippen LogP contribution in [-0.4, -0.2) is 79.9 Å². The van der Waals surface area contributed by atoms with Crippen LogP contribution >= 0.6 is 0 Å². The number of halogens is 3. The number of hydrogen-bond acceptors (Lipinski definition) is 7. The fraction of sp³-hybridized carbons (Fsp3) is 0.350. The fourth-order valence-electron chi connectivity index (χ4n) is 2.91. The van der Waals surface area contributed by atoms with E-state index < -0.39 is 35.9 Å². The lowest BCUT2D eigenvalue weighted by molar-refractivity contribution is -0.171. The highest BCUT2D eigenvalue weighted by Crippen LogP contribution is 2.16. The van der Waals surface area contributed by atoms with Crippen LogP contribution in [0, 0.1) is 5.41 Å². The number of benzene rings is 1. The second kappa shape index (κ2) is 11.8. The van der Waals surface area contributed by atoms with Crippen molar-refractivity contribution in [1.82, 2.24) is 15.5 Å². The average Bonchev–Trinajstić information content (AvgIpc) is 2.80. The third-order valence-electron chi connectivity index (χ3n) is 4.64. The Morgan fingerprint density at radius 2 is 1.97 bits per heavy atom. The number of urea groups is 1. The molecule has 0 saturated carbocycles. The molecule has 0 aromatic heterocycles. The number of carbonyl (C=O) groups excluding carboxylic acids is 3. The van der Waals surface area contributed by atoms with Crippen molar-refractivity contribution in [3.05, 3.63) is 42.1 Å². The molecule has 1 atom stereocenters. The molecule has 1 saturated heterocycles. The Kier molecular flexibility index (Phi) is 9.12. The summed E-state index contributed by atoms with van der Waals surface area (Å²) in [7, 11) is 1.44. The predicted molar refractivity (Wildman–Crippen MR) is 117 cm³/mol. The van der Waals surface area contributed by atoms with E-state index in [1.807, 2.05) is 0 Å². The first-order valence-electron chi connectivity index (χ1n) is 9.92. The van der Waals surface area contributed by atoms with E-state index in [-0.39, 0.29) is 31.0 Å². The molecule has 6 N–H and O–H groups in total. The van der Waals surface area contributed by atoms with Gasteiger partial charge in [-0.15, -0.1) is 0 Å². The molecule has 1 aromatic rings. The Morgan fingerprint density at radius 3 is 2.56 bits per heavy atom. The van der Waals surface area contributed by atoms with E-state index in [9.17, 15) is 27.6 Å². The lowest BCUT2D eigenvalue weighted by atomic mass is 10.2. The van der Waals surface area contributed by atoms with E-state index in [1.165, 1.54) is 53.8 Å². The van der Waals surface area contributed by atoms with Gasteiger partial charge in [-0.05, 0) is 36.5 Å². The summed E-state index contributed by atoms with van der Waals surface area (Å²) >= 11 is 0. The molecule has 1 aromatic carbocycles. The molecule has 34 heavy (non-hydrogen) atoms. The van der Waals surface area contributed by atoms with Gasteiger partial charge in [-0.3, -0.25) is 20.0 Å². The van der Waals surface area contributed by atoms with Crippen LogP contribution < -0.4 is 21.7 Å². The number of rotatable bonds is 6. The predicted octanol–water partition coefficient (Wildman–Crippen LogP) is 0.583. The number of anilines is 1. The van der Waals surface area contributed by atoms with Crippen molar-refractivity contribution in [3.63, 3.8) is 0 Å². The second-order valence-corrected chi connectivity index (χ2v) is 6.93. The third kappa shape index (κ3) is 7.30. The summed E-state index contributed by atoms with van der Waals surface area (Å²) in [4.78, 5) is 41.2. The van der Waals surface area contributed by atoms with E-state index in [4.69, 9.17) is 15.9 Å². The SMILES string of the molecule is CN=C(C=CN)C(=O)NC[C@@H]1COCCN1C(=O)Nc1ccc(C(=N)NC(=O)C(F)(F)F)cc1. The first kappa shape index (κ1) is 26.3. The van der Waals surface area contributed by atoms with Crippen molar-refractivity contribution < 1.29 is 32.3 Å². The molecule has 0 aliphatic carbocycles. The Labute approximate surface area is 192 Å². The van der Waals surface area contributed by atoms with Crippen LogP contribution in [-0.2, 0) is 14.3 Å². The standard InChI is InChI=1S/C20H24F3N7O4/c1-26-15(6-7-24)17(31)27-10-14-11-34-9-8-30(14)19(33)28-13-4-2-12(3-5-13)16(25)29-18(32)20(21,22)23/h2-7,14H,8-11,24H2,1H3,(H,27,31)(H,28,33)(H2,25,29,32)/t14-/m1/s1. The Balaban J connectivity index is 1.98. The zero-order valence-electron chi connectivity index (χ0n) is 18.1. The summed E-state index contributed by atoms with van der Waals surface area (Å²) in [6.07, 6.45) is -2.59. The van der Waals surface area contributed by atoms with Crippen LogP contribution in [0.1, 0.15) is 5.56 Å². The number of nitrogens with one attached hydrogen (secondary N) is 4. The van der Waals surface area contributed by atoms with Crippen molar-refractivity contribution in [2.75, 3.05) is 38.7 Å². The second-order valence-electron chi connectivity index (χ2n) is 6.93. The van der Waals surface area contributed by atoms with Gasteiger partial charge in [0.15, 0.2) is 0 Å². The van der Waals surface area contributed by atoms with Crippen LogP contribution in [0.2, 0.25) is 0 Å². The molecule has 184 valence electrons. The first-order valence-corrected chi connectivity index (χ1v) is 9.92. The number of nitrogens with zero attached hydrogens (tertiary/aromatic N) is 2. The van der Waals surface area contributed by atoms with Gasteiger partial charge in [-0.2, -0.15) is 13.2 Å². The molecule has 0 bridgehead atoms. The molecule has 1 aliphatic heterocycles. The van der Waals surface area contributed by atoms with Gasteiger partial charge in [0, 0.05) is 31.4 Å². The van der Waals surface area contributed by atoms with Gasteiger partial charge in [-0.1, -0.05) is 0 Å². The number of amidine groups is 1. The molecule has 11 nitrogen and oxygen atoms in total. The largest absolute Gasteiger partial charge is 0.471 e. The molecule has 0 radical (unpaired) electrons. The lowest BCUT2D eigenvalue weighted by Gasteiger charge is -2.35. The normalized spacial score (nSPS) is 16.8. The van der Waals surface area contributed by atoms with Crippen molar-refractivity contribution in [2.45, 2.75) is 12.2 Å². The highest BCUT2D eigenvalue weighted by atomic mass is 19.4. The van der Waals surface area contributed by atoms with Gasteiger partial charge in [-0.25, -0.2) is 4.79 Å². The number of aliphatic imine (C=N–C) groups is 1. The Morgan fingerprint density at radius 1 is 1.29 bits per heavy atom. The minimum absolute atomic E-state index is 0.0162. The number of nitrogens with two attached hydrogens (primary N) is 1. The van der Waals surface area contributed by atoms with E-state index in [2.05, 4.69) is 15.6 Å². The van der Waals surface area contributed by atoms with Crippen LogP contribution in [0.25, 0.3) is 0 Å². The number of amides is 4. The third-order valence-corrected chi connectivity index (χ3v) is 4.64. The number of alkyl halides is 3. The molecule has 1 fully saturated rings. The zero-order valence-corrected chi connectivity index (χ0v) is 18.1. The van der Waals surface area contributed by atoms with E-state index in [1.54, 1.807) is 0 Å². The van der Waals surface area contributed by atoms with E-state index in [0.29, 0.717) is 12.3 Å². The number of hydrogen-bond donors (Lipinski definition) is 5. The summed E-state index contributed by atoms with van der Waals surface area (Å²) in [5.74, 6) is -3.45. The fourth-order valence-corrected chi connectivity index (χ4v) is 2.91. The van der Waals surface area contributed by atoms with E-state index >= 15 is 0 Å². The molecule has 2 rings (SSSR count). The number of carbonyl (C=O) groups is 3. The zero-order chi connectivity index (χ0) is 25.3. The summed E-state index contributed by atoms with van der Waals surface area (Å²) in [6.45, 7) is 0.840. The molecule has 0 unspecified atom stereocenters. The molecule has 1 aliphatic rings. The topological polar surface area (TPSA) is 162 Å². The minimum Gasteiger partial charge on any atom is -0.405 e. The van der Waals surface area contributed by atoms with Gasteiger partial charge in [0.1, 0.15) is 11.5 Å². The molecular formula is C20H24F3N7O4. The smallest absolute Gasteiger partial charge is 0.405 e. The highest BCUT2D eigenvalue weighted by molar-refractivity contribution is 6.43. The molecule has 4 amide bonds. The van der Waals surface area contributed by atoms with Gasteiger partial charge >= 0.3 is 18.1 Å². The van der Waals surface area contributed by atoms with Gasteiger partial charge in [0.25, 0.3) is 5.91 Å². The highest BCUT2D eigenvalue weighted by Gasteiger charge is 2.39. The maximum atomic E-state index is 12.8. The van der Waals surface area contributed by atoms with Gasteiger partial charge in [0.05, 0.1) is 19.3 Å². The number of ether oxygens (including phenoxy) is 1. The van der Waals surface area contributed by atoms with Crippen molar-refractivity contribution in [2.24, 2.45) is 10.7 Å². The maximum absolute atomic E-state index is 12.8. The maximum Gasteiger partial charge on any atom is 0.471 e. The first-order chi connectivity index (χ1) is 16.1. The van der Waals surface area contributed by atoms with Crippen molar-refractivity contribution >= 4 is 35.1 Å². The number of morpholine rings is 1. The van der Waals surface area contributed by atoms with Crippen LogP contribution in [0.5, 0.6) is 0 Å². The Bertz CT molecular complexity index is 977. The summed E-state index contributed by atoms with van der Waals surface area (Å²) in [5.41, 5.74) is 5.73. The lowest BCUT2D eigenvalue weighted by Crippen LogP contribution is -2.55. The quantitative estimate of drug-likeness (QED) is 0.295. The molecular weight excluding hydrogens is 459 g/mol. The summed E-state index contributed by atoms with van der Waals surface area (Å²) in [6, 6.07) is 4.36. The monoisotopic (exact) mass is 483 g/mol. The van der Waals surface area contributed by atoms with Gasteiger partial charge in [0.2, 0.25) is 0 Å². The summed E-state index contributed by atoms with van der Waals surface area (Å²) in [5, 5.41) is 14.4.